The van der Waals surface area contributed by atoms with Crippen LogP contribution in [0.5, 0.6) is 0 Å². The number of carboxylic acids is 1. The van der Waals surface area contributed by atoms with Crippen LogP contribution in [0.15, 0.2) is 18.2 Å². The van der Waals surface area contributed by atoms with Gasteiger partial charge in [-0.3, -0.25) is 14.4 Å². The first kappa shape index (κ1) is 14.3. The highest BCUT2D eigenvalue weighted by molar-refractivity contribution is 6.29. The van der Waals surface area contributed by atoms with Crippen molar-refractivity contribution in [3.63, 3.8) is 0 Å². The molecule has 2 rings (SSSR count). The Balaban J connectivity index is 2.25. The molecule has 20 heavy (non-hydrogen) atoms. The molecule has 2 heterocycles. The predicted molar refractivity (Wildman–Crippen MR) is 69.3 cm³/mol. The molecule has 1 saturated heterocycles. The van der Waals surface area contributed by atoms with Gasteiger partial charge in [-0.2, -0.15) is 0 Å². The summed E-state index contributed by atoms with van der Waals surface area (Å²) in [5, 5.41) is 11.5. The normalized spacial score (nSPS) is 18.6. The number of carbonyl (C=O) groups excluding carboxylic acids is 2. The molecular weight excluding hydrogens is 286 g/mol. The van der Waals surface area contributed by atoms with Crippen LogP contribution in [0, 0.1) is 0 Å². The molecule has 7 nitrogen and oxygen atoms in total. The Morgan fingerprint density at radius 1 is 1.50 bits per heavy atom. The van der Waals surface area contributed by atoms with Gasteiger partial charge in [-0.1, -0.05) is 17.7 Å². The summed E-state index contributed by atoms with van der Waals surface area (Å²) in [7, 11) is 0. The van der Waals surface area contributed by atoms with Gasteiger partial charge < -0.3 is 15.3 Å². The topological polar surface area (TPSA) is 99.6 Å². The average Bonchev–Trinajstić information content (AvgIpc) is 2.40. The first-order chi connectivity index (χ1) is 9.49. The molecule has 106 valence electrons. The molecule has 0 aromatic carbocycles. The number of hydrogen-bond donors (Lipinski definition) is 2. The van der Waals surface area contributed by atoms with Crippen LogP contribution in [-0.2, 0) is 9.59 Å². The molecule has 1 aromatic heterocycles. The number of carboxylic acid groups (broad SMARTS) is 1. The minimum Gasteiger partial charge on any atom is -0.481 e. The van der Waals surface area contributed by atoms with Gasteiger partial charge in [0.1, 0.15) is 16.9 Å². The Morgan fingerprint density at radius 3 is 2.90 bits per heavy atom. The standard InChI is InChI=1S/C12H12ClN3O4/c13-9-3-1-2-7(15-9)12(20)16-5-4-14-11(19)8(16)6-10(17)18/h1-3,8H,4-6H2,(H,14,19)(H,17,18). The number of piperazine rings is 1. The number of aromatic nitrogens is 1. The third kappa shape index (κ3) is 3.05. The van der Waals surface area contributed by atoms with Crippen molar-refractivity contribution in [2.45, 2.75) is 12.5 Å². The van der Waals surface area contributed by atoms with Crippen molar-refractivity contribution in [2.75, 3.05) is 13.1 Å². The summed E-state index contributed by atoms with van der Waals surface area (Å²) in [6.45, 7) is 0.512. The van der Waals surface area contributed by atoms with E-state index in [1.54, 1.807) is 6.07 Å². The van der Waals surface area contributed by atoms with Crippen molar-refractivity contribution in [3.8, 4) is 0 Å². The molecule has 1 unspecified atom stereocenters. The second kappa shape index (κ2) is 5.87. The number of amides is 2. The van der Waals surface area contributed by atoms with E-state index in [1.807, 2.05) is 0 Å². The van der Waals surface area contributed by atoms with Crippen molar-refractivity contribution in [1.29, 1.82) is 0 Å². The zero-order valence-corrected chi connectivity index (χ0v) is 11.1. The van der Waals surface area contributed by atoms with Crippen LogP contribution in [0.1, 0.15) is 16.9 Å². The summed E-state index contributed by atoms with van der Waals surface area (Å²) in [5.74, 6) is -2.13. The second-order valence-electron chi connectivity index (χ2n) is 4.25. The van der Waals surface area contributed by atoms with Crippen molar-refractivity contribution in [3.05, 3.63) is 29.0 Å². The van der Waals surface area contributed by atoms with E-state index in [0.717, 1.165) is 0 Å². The molecule has 2 N–H and O–H groups in total. The SMILES string of the molecule is O=C(O)CC1C(=O)NCCN1C(=O)c1cccc(Cl)n1. The Hall–Kier alpha value is -2.15. The van der Waals surface area contributed by atoms with E-state index in [-0.39, 0.29) is 23.9 Å². The summed E-state index contributed by atoms with van der Waals surface area (Å²) in [6, 6.07) is 3.53. The number of aliphatic carboxylic acids is 1. The van der Waals surface area contributed by atoms with Gasteiger partial charge in [0.15, 0.2) is 0 Å². The third-order valence-electron chi connectivity index (χ3n) is 2.89. The van der Waals surface area contributed by atoms with Crippen LogP contribution < -0.4 is 5.32 Å². The van der Waals surface area contributed by atoms with Gasteiger partial charge in [0, 0.05) is 13.1 Å². The monoisotopic (exact) mass is 297 g/mol. The molecule has 2 amide bonds. The molecular formula is C12H12ClN3O4. The van der Waals surface area contributed by atoms with E-state index in [1.165, 1.54) is 17.0 Å². The number of carbonyl (C=O) groups is 3. The lowest BCUT2D eigenvalue weighted by molar-refractivity contribution is -0.142. The Morgan fingerprint density at radius 2 is 2.25 bits per heavy atom. The summed E-state index contributed by atoms with van der Waals surface area (Å²) >= 11 is 5.72. The highest BCUT2D eigenvalue weighted by Gasteiger charge is 2.35. The van der Waals surface area contributed by atoms with Gasteiger partial charge in [0.25, 0.3) is 5.91 Å². The molecule has 1 atom stereocenters. The largest absolute Gasteiger partial charge is 0.481 e. The maximum atomic E-state index is 12.3. The second-order valence-corrected chi connectivity index (χ2v) is 4.64. The molecule has 0 spiro atoms. The van der Waals surface area contributed by atoms with Crippen LogP contribution in [0.2, 0.25) is 5.15 Å². The van der Waals surface area contributed by atoms with Crippen LogP contribution in [0.3, 0.4) is 0 Å². The van der Waals surface area contributed by atoms with Crippen LogP contribution >= 0.6 is 11.6 Å². The number of pyridine rings is 1. The number of rotatable bonds is 3. The lowest BCUT2D eigenvalue weighted by Gasteiger charge is -2.34. The molecule has 0 aliphatic carbocycles. The zero-order valence-electron chi connectivity index (χ0n) is 10.4. The van der Waals surface area contributed by atoms with Gasteiger partial charge in [0.2, 0.25) is 5.91 Å². The molecule has 1 aliphatic heterocycles. The third-order valence-corrected chi connectivity index (χ3v) is 3.10. The molecule has 1 aliphatic rings. The lowest BCUT2D eigenvalue weighted by atomic mass is 10.1. The van der Waals surface area contributed by atoms with Gasteiger partial charge in [-0.25, -0.2) is 4.98 Å². The number of hydrogen-bond acceptors (Lipinski definition) is 4. The Kier molecular flexibility index (Phi) is 4.19. The van der Waals surface area contributed by atoms with E-state index in [9.17, 15) is 14.4 Å². The summed E-state index contributed by atoms with van der Waals surface area (Å²) in [5.41, 5.74) is 0.0857. The summed E-state index contributed by atoms with van der Waals surface area (Å²) < 4.78 is 0. The summed E-state index contributed by atoms with van der Waals surface area (Å²) in [4.78, 5) is 40.0. The van der Waals surface area contributed by atoms with E-state index >= 15 is 0 Å². The Labute approximate surface area is 119 Å². The molecule has 1 fully saturated rings. The quantitative estimate of drug-likeness (QED) is 0.774. The molecule has 0 bridgehead atoms. The molecule has 8 heteroatoms. The number of halogens is 1. The highest BCUT2D eigenvalue weighted by atomic mass is 35.5. The summed E-state index contributed by atoms with van der Waals surface area (Å²) in [6.07, 6.45) is -0.446. The van der Waals surface area contributed by atoms with Gasteiger partial charge in [-0.15, -0.1) is 0 Å². The highest BCUT2D eigenvalue weighted by Crippen LogP contribution is 2.14. The molecule has 1 aromatic rings. The first-order valence-corrected chi connectivity index (χ1v) is 6.30. The van der Waals surface area contributed by atoms with Gasteiger partial charge >= 0.3 is 5.97 Å². The minimum absolute atomic E-state index is 0.0857. The van der Waals surface area contributed by atoms with Gasteiger partial charge in [0.05, 0.1) is 6.42 Å². The Bertz CT molecular complexity index is 563. The predicted octanol–water partition coefficient (Wildman–Crippen LogP) is 0.150. The maximum Gasteiger partial charge on any atom is 0.305 e. The van der Waals surface area contributed by atoms with Crippen molar-refractivity contribution in [1.82, 2.24) is 15.2 Å². The van der Waals surface area contributed by atoms with E-state index in [4.69, 9.17) is 16.7 Å². The van der Waals surface area contributed by atoms with Gasteiger partial charge in [-0.05, 0) is 12.1 Å². The van der Waals surface area contributed by atoms with Crippen LogP contribution in [0.4, 0.5) is 0 Å². The zero-order chi connectivity index (χ0) is 14.7. The van der Waals surface area contributed by atoms with Crippen molar-refractivity contribution in [2.24, 2.45) is 0 Å². The fraction of sp³-hybridized carbons (Fsp3) is 0.333. The van der Waals surface area contributed by atoms with Crippen LogP contribution in [-0.4, -0.2) is 51.9 Å². The average molecular weight is 298 g/mol. The maximum absolute atomic E-state index is 12.3. The van der Waals surface area contributed by atoms with Crippen molar-refractivity contribution < 1.29 is 19.5 Å². The molecule has 0 radical (unpaired) electrons. The lowest BCUT2D eigenvalue weighted by Crippen LogP contribution is -2.57. The fourth-order valence-corrected chi connectivity index (χ4v) is 2.16. The number of nitrogens with zero attached hydrogens (tertiary/aromatic N) is 2. The van der Waals surface area contributed by atoms with Crippen molar-refractivity contribution >= 4 is 29.4 Å². The smallest absolute Gasteiger partial charge is 0.305 e. The first-order valence-electron chi connectivity index (χ1n) is 5.92. The fourth-order valence-electron chi connectivity index (χ4n) is 2.00. The van der Waals surface area contributed by atoms with E-state index in [0.29, 0.717) is 0 Å². The molecule has 0 saturated carbocycles. The van der Waals surface area contributed by atoms with Crippen LogP contribution in [0.25, 0.3) is 0 Å². The van der Waals surface area contributed by atoms with E-state index in [2.05, 4.69) is 10.3 Å². The van der Waals surface area contributed by atoms with E-state index < -0.39 is 30.2 Å². The number of nitrogens with one attached hydrogen (secondary N) is 1. The minimum atomic E-state index is -1.15.